The lowest BCUT2D eigenvalue weighted by Crippen LogP contribution is -2.42. The Labute approximate surface area is 178 Å². The number of nitrogens with one attached hydrogen (secondary N) is 3. The predicted molar refractivity (Wildman–Crippen MR) is 123 cm³/mol. The maximum atomic E-state index is 10.8. The Balaban J connectivity index is -0.000000336. The Morgan fingerprint density at radius 2 is 1.00 bits per heavy atom. The van der Waals surface area contributed by atoms with Gasteiger partial charge in [0.1, 0.15) is 0 Å². The van der Waals surface area contributed by atoms with E-state index in [-0.39, 0.29) is 35.9 Å². The summed E-state index contributed by atoms with van der Waals surface area (Å²) >= 11 is 4.98. The Kier molecular flexibility index (Phi) is 19.8. The monoisotopic (exact) mass is 419 g/mol. The summed E-state index contributed by atoms with van der Waals surface area (Å²) in [6, 6.07) is 1.09. The lowest BCUT2D eigenvalue weighted by atomic mass is 10.2. The molecule has 0 aromatic rings. The first-order valence-electron chi connectivity index (χ1n) is 10.2. The number of thiocarbonyl (C=S) groups is 1. The van der Waals surface area contributed by atoms with Gasteiger partial charge in [0, 0.05) is 24.0 Å². The summed E-state index contributed by atoms with van der Waals surface area (Å²) in [6.45, 7) is 23.3. The fourth-order valence-electron chi connectivity index (χ4n) is 1.39. The summed E-state index contributed by atoms with van der Waals surface area (Å²) in [7, 11) is 0. The van der Waals surface area contributed by atoms with Crippen molar-refractivity contribution in [3.63, 3.8) is 0 Å². The van der Waals surface area contributed by atoms with E-state index < -0.39 is 0 Å². The van der Waals surface area contributed by atoms with Crippen LogP contribution in [0.1, 0.15) is 83.1 Å². The van der Waals surface area contributed by atoms with Gasteiger partial charge in [-0.15, -0.1) is 0 Å². The Morgan fingerprint density at radius 3 is 1.14 bits per heavy atom. The van der Waals surface area contributed by atoms with Crippen molar-refractivity contribution in [2.45, 2.75) is 107 Å². The second kappa shape index (κ2) is 17.7. The van der Waals surface area contributed by atoms with Crippen LogP contribution < -0.4 is 16.0 Å². The van der Waals surface area contributed by atoms with Crippen molar-refractivity contribution >= 4 is 29.2 Å². The molecule has 6 nitrogen and oxygen atoms in total. The van der Waals surface area contributed by atoms with Crippen molar-refractivity contribution < 1.29 is 14.3 Å². The maximum absolute atomic E-state index is 10.8. The van der Waals surface area contributed by atoms with E-state index in [1.807, 2.05) is 55.4 Å². The van der Waals surface area contributed by atoms with Crippen molar-refractivity contribution in [2.75, 3.05) is 0 Å². The summed E-state index contributed by atoms with van der Waals surface area (Å²) in [4.78, 5) is 21.6. The van der Waals surface area contributed by atoms with E-state index in [1.165, 1.54) is 0 Å². The van der Waals surface area contributed by atoms with Gasteiger partial charge in [0.25, 0.3) is 0 Å². The molecule has 7 heteroatoms. The lowest BCUT2D eigenvalue weighted by molar-refractivity contribution is -0.151. The molecule has 0 aliphatic carbocycles. The Hall–Kier alpha value is -1.37. The highest BCUT2D eigenvalue weighted by Crippen LogP contribution is 1.98. The van der Waals surface area contributed by atoms with Crippen LogP contribution in [0.3, 0.4) is 0 Å². The van der Waals surface area contributed by atoms with Crippen LogP contribution >= 0.6 is 12.2 Å². The topological polar surface area (TPSA) is 79.5 Å². The predicted octanol–water partition coefficient (Wildman–Crippen LogP) is 4.03. The zero-order valence-electron chi connectivity index (χ0n) is 20.1. The van der Waals surface area contributed by atoms with Gasteiger partial charge in [-0.3, -0.25) is 9.59 Å². The number of hydrogen-bond acceptors (Lipinski definition) is 4. The van der Waals surface area contributed by atoms with Gasteiger partial charge in [-0.2, -0.15) is 0 Å². The highest BCUT2D eigenvalue weighted by molar-refractivity contribution is 7.80. The average molecular weight is 420 g/mol. The van der Waals surface area contributed by atoms with Crippen molar-refractivity contribution in [3.05, 3.63) is 0 Å². The SMILES string of the molecule is CC(C)NC(=O)C(C)C.CC(C)NC(=S)NC(C)C.CC(C)OC(=O)C(C)C. The van der Waals surface area contributed by atoms with Crippen LogP contribution in [0.4, 0.5) is 0 Å². The minimum absolute atomic E-state index is 0.00704. The third-order valence-electron chi connectivity index (χ3n) is 2.62. The standard InChI is InChI=1S/C7H16N2S.C7H15NO.C7H14O2/c1-5(2)8-7(10)9-6(3)4;1-5(2)7(9)8-6(3)4;1-5(2)7(8)9-6(3)4/h5-6H,1-4H3,(H2,8,9,10);5-6H,1-4H3,(H,8,9);5-6H,1-4H3. The van der Waals surface area contributed by atoms with E-state index in [1.54, 1.807) is 0 Å². The van der Waals surface area contributed by atoms with Crippen LogP contribution in [-0.4, -0.2) is 41.2 Å². The molecule has 28 heavy (non-hydrogen) atoms. The molecular weight excluding hydrogens is 374 g/mol. The molecule has 1 amide bonds. The summed E-state index contributed by atoms with van der Waals surface area (Å²) in [5.74, 6) is 0.106. The zero-order valence-corrected chi connectivity index (χ0v) is 20.9. The van der Waals surface area contributed by atoms with Crippen LogP contribution in [0.25, 0.3) is 0 Å². The van der Waals surface area contributed by atoms with Crippen molar-refractivity contribution in [3.8, 4) is 0 Å². The molecule has 3 N–H and O–H groups in total. The fraction of sp³-hybridized carbons (Fsp3) is 0.857. The number of esters is 1. The number of ether oxygens (including phenoxy) is 1. The van der Waals surface area contributed by atoms with Crippen LogP contribution in [0.15, 0.2) is 0 Å². The second-order valence-corrected chi connectivity index (χ2v) is 8.79. The molecule has 0 aromatic heterocycles. The van der Waals surface area contributed by atoms with Gasteiger partial charge in [0.05, 0.1) is 12.0 Å². The zero-order chi connectivity index (χ0) is 23.0. The maximum Gasteiger partial charge on any atom is 0.308 e. The number of carbonyl (C=O) groups is 2. The van der Waals surface area contributed by atoms with Crippen molar-refractivity contribution in [1.82, 2.24) is 16.0 Å². The molecular formula is C21H45N3O3S. The van der Waals surface area contributed by atoms with Crippen molar-refractivity contribution in [1.29, 1.82) is 0 Å². The van der Waals surface area contributed by atoms with Gasteiger partial charge in [-0.1, -0.05) is 27.7 Å². The van der Waals surface area contributed by atoms with E-state index >= 15 is 0 Å². The molecule has 0 bridgehead atoms. The average Bonchev–Trinajstić information content (AvgIpc) is 2.44. The van der Waals surface area contributed by atoms with Crippen LogP contribution in [0, 0.1) is 11.8 Å². The first-order chi connectivity index (χ1) is 12.6. The molecule has 0 saturated heterocycles. The van der Waals surface area contributed by atoms with Gasteiger partial charge in [-0.05, 0) is 67.6 Å². The fourth-order valence-corrected chi connectivity index (χ4v) is 1.86. The van der Waals surface area contributed by atoms with E-state index in [0.29, 0.717) is 12.1 Å². The number of hydrogen-bond donors (Lipinski definition) is 3. The highest BCUT2D eigenvalue weighted by Gasteiger charge is 2.09. The minimum atomic E-state index is -0.120. The molecule has 0 aliphatic rings. The third-order valence-corrected chi connectivity index (χ3v) is 2.85. The van der Waals surface area contributed by atoms with E-state index in [2.05, 4.69) is 43.6 Å². The van der Waals surface area contributed by atoms with E-state index in [4.69, 9.17) is 17.0 Å². The Morgan fingerprint density at radius 1 is 0.643 bits per heavy atom. The first-order valence-corrected chi connectivity index (χ1v) is 10.6. The van der Waals surface area contributed by atoms with Crippen molar-refractivity contribution in [2.24, 2.45) is 11.8 Å². The molecule has 0 heterocycles. The molecule has 0 radical (unpaired) electrons. The van der Waals surface area contributed by atoms with E-state index in [0.717, 1.165) is 5.11 Å². The third kappa shape index (κ3) is 26.9. The second-order valence-electron chi connectivity index (χ2n) is 8.39. The van der Waals surface area contributed by atoms with Gasteiger partial charge in [0.15, 0.2) is 5.11 Å². The van der Waals surface area contributed by atoms with E-state index in [9.17, 15) is 9.59 Å². The van der Waals surface area contributed by atoms with Crippen LogP contribution in [0.5, 0.6) is 0 Å². The van der Waals surface area contributed by atoms with Gasteiger partial charge in [0.2, 0.25) is 5.91 Å². The molecule has 0 aliphatic heterocycles. The minimum Gasteiger partial charge on any atom is -0.463 e. The summed E-state index contributed by atoms with van der Waals surface area (Å²) in [6.07, 6.45) is 0.0138. The molecule has 0 spiro atoms. The Bertz CT molecular complexity index is 397. The quantitative estimate of drug-likeness (QED) is 0.446. The molecule has 0 saturated carbocycles. The smallest absolute Gasteiger partial charge is 0.308 e. The number of amides is 1. The van der Waals surface area contributed by atoms with Gasteiger partial charge in [-0.25, -0.2) is 0 Å². The largest absolute Gasteiger partial charge is 0.463 e. The van der Waals surface area contributed by atoms with Gasteiger partial charge < -0.3 is 20.7 Å². The highest BCUT2D eigenvalue weighted by atomic mass is 32.1. The number of carbonyl (C=O) groups excluding carboxylic acids is 2. The number of rotatable bonds is 6. The lowest BCUT2D eigenvalue weighted by Gasteiger charge is -2.14. The summed E-state index contributed by atoms with van der Waals surface area (Å²) < 4.78 is 4.87. The van der Waals surface area contributed by atoms with Crippen LogP contribution in [0.2, 0.25) is 0 Å². The molecule has 0 atom stereocenters. The molecule has 0 fully saturated rings. The summed E-state index contributed by atoms with van der Waals surface area (Å²) in [5.41, 5.74) is 0. The van der Waals surface area contributed by atoms with Crippen LogP contribution in [-0.2, 0) is 14.3 Å². The molecule has 168 valence electrons. The van der Waals surface area contributed by atoms with Gasteiger partial charge >= 0.3 is 5.97 Å². The molecule has 0 rings (SSSR count). The first kappa shape index (κ1) is 31.3. The molecule has 0 aromatic carbocycles. The summed E-state index contributed by atoms with van der Waals surface area (Å²) in [5, 5.41) is 9.73. The molecule has 0 unspecified atom stereocenters. The normalized spacial score (nSPS) is 10.4.